The highest BCUT2D eigenvalue weighted by molar-refractivity contribution is 7.98. The van der Waals surface area contributed by atoms with Crippen molar-refractivity contribution in [1.29, 1.82) is 0 Å². The van der Waals surface area contributed by atoms with Gasteiger partial charge in [-0.2, -0.15) is 0 Å². The zero-order valence-electron chi connectivity index (χ0n) is 17.9. The molecule has 0 saturated carbocycles. The molecule has 0 aliphatic carbocycles. The predicted molar refractivity (Wildman–Crippen MR) is 125 cm³/mol. The summed E-state index contributed by atoms with van der Waals surface area (Å²) in [5.41, 5.74) is 9.62. The Balaban J connectivity index is 1.77. The number of thiophene rings is 1. The summed E-state index contributed by atoms with van der Waals surface area (Å²) in [6, 6.07) is 10.0. The van der Waals surface area contributed by atoms with E-state index in [4.69, 9.17) is 15.2 Å². The van der Waals surface area contributed by atoms with Crippen LogP contribution in [0.1, 0.15) is 45.0 Å². The first-order valence-electron chi connectivity index (χ1n) is 10.1. The Hall–Kier alpha value is -3.11. The second-order valence-electron chi connectivity index (χ2n) is 6.90. The number of anilines is 1. The van der Waals surface area contributed by atoms with Gasteiger partial charge in [0.2, 0.25) is 0 Å². The summed E-state index contributed by atoms with van der Waals surface area (Å²) in [4.78, 5) is 25.4. The van der Waals surface area contributed by atoms with Gasteiger partial charge in [0.1, 0.15) is 9.88 Å². The molecule has 0 amide bonds. The first kappa shape index (κ1) is 22.1. The van der Waals surface area contributed by atoms with E-state index in [9.17, 15) is 9.59 Å². The largest absolute Gasteiger partial charge is 0.462 e. The molecule has 0 spiro atoms. The lowest BCUT2D eigenvalue weighted by Gasteiger charge is -2.09. The van der Waals surface area contributed by atoms with Gasteiger partial charge in [0.05, 0.1) is 24.3 Å². The third kappa shape index (κ3) is 3.91. The molecule has 3 heterocycles. The van der Waals surface area contributed by atoms with Crippen LogP contribution in [0.4, 0.5) is 5.00 Å². The number of pyridine rings is 1. The van der Waals surface area contributed by atoms with Crippen LogP contribution in [0.3, 0.4) is 0 Å². The molecule has 4 rings (SSSR count). The minimum absolute atomic E-state index is 0.204. The Bertz CT molecular complexity index is 1330. The quantitative estimate of drug-likeness (QED) is 0.311. The standard InChI is InChI=1S/C22H22N4O4S2/c1-4-29-20(27)17-14(18(32-19(17)23)21(28)30-5-2)11-31-22-25-24-16-10-12(3)13-8-6-7-9-15(13)26(16)22/h6-10H,4-5,11,23H2,1-3H3. The van der Waals surface area contributed by atoms with Crippen LogP contribution in [0.5, 0.6) is 0 Å². The zero-order valence-corrected chi connectivity index (χ0v) is 19.5. The SMILES string of the molecule is CCOC(=O)c1sc(N)c(C(=O)OCC)c1CSc1nnc2cc(C)c3ccccc3n12. The number of carbonyl (C=O) groups is 2. The van der Waals surface area contributed by atoms with Gasteiger partial charge < -0.3 is 15.2 Å². The van der Waals surface area contributed by atoms with Gasteiger partial charge >= 0.3 is 11.9 Å². The fraction of sp³-hybridized carbons (Fsp3) is 0.273. The Morgan fingerprint density at radius 1 is 1.12 bits per heavy atom. The van der Waals surface area contributed by atoms with Crippen molar-refractivity contribution in [3.05, 3.63) is 51.9 Å². The highest BCUT2D eigenvalue weighted by Crippen LogP contribution is 2.37. The van der Waals surface area contributed by atoms with Crippen molar-refractivity contribution in [2.45, 2.75) is 31.7 Å². The van der Waals surface area contributed by atoms with Gasteiger partial charge in [0.15, 0.2) is 10.8 Å². The molecule has 0 aliphatic rings. The third-order valence-corrected chi connectivity index (χ3v) is 6.89. The van der Waals surface area contributed by atoms with E-state index in [0.717, 1.165) is 33.5 Å². The molecular formula is C22H22N4O4S2. The second-order valence-corrected chi connectivity index (χ2v) is 8.89. The molecule has 0 fully saturated rings. The molecule has 0 radical (unpaired) electrons. The molecular weight excluding hydrogens is 448 g/mol. The van der Waals surface area contributed by atoms with E-state index in [1.54, 1.807) is 13.8 Å². The number of nitrogens with zero attached hydrogens (tertiary/aromatic N) is 3. The Labute approximate surface area is 192 Å². The number of ether oxygens (including phenoxy) is 2. The summed E-state index contributed by atoms with van der Waals surface area (Å²) in [5.74, 6) is -0.791. The van der Waals surface area contributed by atoms with Gasteiger partial charge in [0, 0.05) is 16.7 Å². The van der Waals surface area contributed by atoms with E-state index < -0.39 is 11.9 Å². The molecule has 8 nitrogen and oxygen atoms in total. The molecule has 0 aliphatic heterocycles. The number of carbonyl (C=O) groups excluding carboxylic acids is 2. The summed E-state index contributed by atoms with van der Waals surface area (Å²) in [6.07, 6.45) is 0. The number of hydrogen-bond acceptors (Lipinski definition) is 9. The van der Waals surface area contributed by atoms with Crippen LogP contribution in [0, 0.1) is 6.92 Å². The molecule has 2 N–H and O–H groups in total. The first-order valence-corrected chi connectivity index (χ1v) is 11.9. The van der Waals surface area contributed by atoms with Crippen LogP contribution in [0.15, 0.2) is 35.5 Å². The number of fused-ring (bicyclic) bond motifs is 3. The topological polar surface area (TPSA) is 109 Å². The van der Waals surface area contributed by atoms with E-state index in [-0.39, 0.29) is 29.5 Å². The van der Waals surface area contributed by atoms with Crippen LogP contribution >= 0.6 is 23.1 Å². The minimum Gasteiger partial charge on any atom is -0.462 e. The number of para-hydroxylation sites is 1. The van der Waals surface area contributed by atoms with Crippen molar-refractivity contribution in [2.75, 3.05) is 18.9 Å². The van der Waals surface area contributed by atoms with E-state index in [0.29, 0.717) is 15.6 Å². The van der Waals surface area contributed by atoms with Gasteiger partial charge in [-0.3, -0.25) is 4.40 Å². The summed E-state index contributed by atoms with van der Waals surface area (Å²) in [7, 11) is 0. The summed E-state index contributed by atoms with van der Waals surface area (Å²) in [5, 5.41) is 10.6. The van der Waals surface area contributed by atoms with E-state index in [1.165, 1.54) is 11.8 Å². The Morgan fingerprint density at radius 3 is 2.59 bits per heavy atom. The summed E-state index contributed by atoms with van der Waals surface area (Å²) >= 11 is 2.40. The number of nitrogens with two attached hydrogens (primary N) is 1. The average molecular weight is 471 g/mol. The molecule has 166 valence electrons. The summed E-state index contributed by atoms with van der Waals surface area (Å²) in [6.45, 7) is 5.91. The molecule has 0 bridgehead atoms. The van der Waals surface area contributed by atoms with Crippen LogP contribution in [-0.4, -0.2) is 39.8 Å². The van der Waals surface area contributed by atoms with Crippen molar-refractivity contribution in [1.82, 2.24) is 14.6 Å². The predicted octanol–water partition coefficient (Wildman–Crippen LogP) is 4.48. The number of rotatable bonds is 7. The number of nitrogen functional groups attached to an aromatic ring is 1. The third-order valence-electron chi connectivity index (χ3n) is 4.89. The molecule has 32 heavy (non-hydrogen) atoms. The zero-order chi connectivity index (χ0) is 22.8. The number of benzene rings is 1. The van der Waals surface area contributed by atoms with Gasteiger partial charge in [-0.05, 0) is 38.5 Å². The maximum atomic E-state index is 12.6. The monoisotopic (exact) mass is 470 g/mol. The number of thioether (sulfide) groups is 1. The van der Waals surface area contributed by atoms with Gasteiger partial charge in [-0.15, -0.1) is 21.5 Å². The minimum atomic E-state index is -0.556. The summed E-state index contributed by atoms with van der Waals surface area (Å²) < 4.78 is 12.3. The van der Waals surface area contributed by atoms with Crippen molar-refractivity contribution in [3.63, 3.8) is 0 Å². The second kappa shape index (κ2) is 9.17. The van der Waals surface area contributed by atoms with Crippen molar-refractivity contribution < 1.29 is 19.1 Å². The number of aromatic nitrogens is 3. The first-order chi connectivity index (χ1) is 15.5. The molecule has 0 atom stereocenters. The number of aryl methyl sites for hydroxylation is 1. The van der Waals surface area contributed by atoms with Crippen molar-refractivity contribution in [2.24, 2.45) is 0 Å². The maximum Gasteiger partial charge on any atom is 0.348 e. The van der Waals surface area contributed by atoms with Crippen LogP contribution in [-0.2, 0) is 15.2 Å². The van der Waals surface area contributed by atoms with Gasteiger partial charge in [-0.25, -0.2) is 9.59 Å². The molecule has 0 saturated heterocycles. The number of esters is 2. The lowest BCUT2D eigenvalue weighted by molar-refractivity contribution is 0.0527. The normalized spacial score (nSPS) is 11.2. The van der Waals surface area contributed by atoms with Crippen molar-refractivity contribution in [3.8, 4) is 0 Å². The maximum absolute atomic E-state index is 12.6. The van der Waals surface area contributed by atoms with Gasteiger partial charge in [0.25, 0.3) is 0 Å². The number of hydrogen-bond donors (Lipinski definition) is 1. The molecule has 0 unspecified atom stereocenters. The van der Waals surface area contributed by atoms with Crippen LogP contribution in [0.25, 0.3) is 16.6 Å². The van der Waals surface area contributed by atoms with E-state index in [1.807, 2.05) is 35.6 Å². The fourth-order valence-electron chi connectivity index (χ4n) is 3.52. The molecule has 4 aromatic rings. The Kier molecular flexibility index (Phi) is 6.33. The van der Waals surface area contributed by atoms with Gasteiger partial charge in [-0.1, -0.05) is 30.0 Å². The Morgan fingerprint density at radius 2 is 1.84 bits per heavy atom. The lowest BCUT2D eigenvalue weighted by Crippen LogP contribution is -2.11. The lowest BCUT2D eigenvalue weighted by atomic mass is 10.1. The van der Waals surface area contributed by atoms with Crippen molar-refractivity contribution >= 4 is 56.6 Å². The smallest absolute Gasteiger partial charge is 0.348 e. The molecule has 1 aromatic carbocycles. The highest BCUT2D eigenvalue weighted by atomic mass is 32.2. The fourth-order valence-corrected chi connectivity index (χ4v) is 5.56. The molecule has 3 aromatic heterocycles. The highest BCUT2D eigenvalue weighted by Gasteiger charge is 2.28. The van der Waals surface area contributed by atoms with E-state index in [2.05, 4.69) is 16.3 Å². The molecule has 10 heteroatoms. The van der Waals surface area contributed by atoms with Crippen LogP contribution < -0.4 is 5.73 Å². The average Bonchev–Trinajstić information content (AvgIpc) is 3.33. The van der Waals surface area contributed by atoms with Crippen LogP contribution in [0.2, 0.25) is 0 Å². The van der Waals surface area contributed by atoms with E-state index >= 15 is 0 Å².